The van der Waals surface area contributed by atoms with Crippen LogP contribution in [0, 0.1) is 0 Å². The van der Waals surface area contributed by atoms with Crippen molar-refractivity contribution in [2.24, 2.45) is 10.9 Å². The first-order valence-electron chi connectivity index (χ1n) is 6.14. The van der Waals surface area contributed by atoms with Crippen LogP contribution < -0.4 is 5.73 Å². The highest BCUT2D eigenvalue weighted by Gasteiger charge is 2.25. The van der Waals surface area contributed by atoms with Crippen molar-refractivity contribution < 1.29 is 14.8 Å². The topological polar surface area (TPSA) is 99.2 Å². The lowest BCUT2D eigenvalue weighted by molar-refractivity contribution is -0.133. The summed E-state index contributed by atoms with van der Waals surface area (Å²) < 4.78 is 0. The van der Waals surface area contributed by atoms with Crippen molar-refractivity contribution in [2.75, 3.05) is 26.7 Å². The SMILES string of the molecule is CN1CCN(C(=O)c2ccc(C(N)=NO)cc2)CC1=O. The van der Waals surface area contributed by atoms with Gasteiger partial charge in [0.2, 0.25) is 5.91 Å². The molecular formula is C13H16N4O3. The first-order valence-corrected chi connectivity index (χ1v) is 6.14. The molecule has 1 heterocycles. The zero-order valence-corrected chi connectivity index (χ0v) is 11.1. The van der Waals surface area contributed by atoms with Crippen molar-refractivity contribution in [3.63, 3.8) is 0 Å². The van der Waals surface area contributed by atoms with E-state index in [1.807, 2.05) is 0 Å². The molecule has 1 fully saturated rings. The Hall–Kier alpha value is -2.57. The standard InChI is InChI=1S/C13H16N4O3/c1-16-6-7-17(8-11(16)18)13(19)10-4-2-9(3-5-10)12(14)15-20/h2-5,20H,6-8H2,1H3,(H2,14,15). The molecule has 1 aromatic rings. The fourth-order valence-corrected chi connectivity index (χ4v) is 1.96. The number of hydrogen-bond acceptors (Lipinski definition) is 4. The van der Waals surface area contributed by atoms with Gasteiger partial charge in [-0.1, -0.05) is 17.3 Å². The van der Waals surface area contributed by atoms with Crippen LogP contribution in [0.1, 0.15) is 15.9 Å². The molecule has 0 spiro atoms. The minimum Gasteiger partial charge on any atom is -0.409 e. The van der Waals surface area contributed by atoms with Crippen LogP contribution in [-0.4, -0.2) is 59.3 Å². The lowest BCUT2D eigenvalue weighted by atomic mass is 10.1. The zero-order valence-electron chi connectivity index (χ0n) is 11.1. The van der Waals surface area contributed by atoms with E-state index in [0.717, 1.165) is 0 Å². The number of nitrogens with zero attached hydrogens (tertiary/aromatic N) is 3. The second-order valence-corrected chi connectivity index (χ2v) is 4.60. The van der Waals surface area contributed by atoms with Gasteiger partial charge in [0.25, 0.3) is 5.91 Å². The summed E-state index contributed by atoms with van der Waals surface area (Å²) in [7, 11) is 1.72. The molecule has 0 aliphatic carbocycles. The van der Waals surface area contributed by atoms with Crippen molar-refractivity contribution in [1.29, 1.82) is 0 Å². The van der Waals surface area contributed by atoms with Crippen molar-refractivity contribution >= 4 is 17.6 Å². The van der Waals surface area contributed by atoms with Gasteiger partial charge in [0.1, 0.15) is 6.54 Å². The minimum absolute atomic E-state index is 0.0150. The Morgan fingerprint density at radius 3 is 2.40 bits per heavy atom. The Morgan fingerprint density at radius 2 is 1.85 bits per heavy atom. The normalized spacial score (nSPS) is 16.4. The van der Waals surface area contributed by atoms with Crippen molar-refractivity contribution in [3.05, 3.63) is 35.4 Å². The van der Waals surface area contributed by atoms with Crippen LogP contribution in [0.25, 0.3) is 0 Å². The van der Waals surface area contributed by atoms with E-state index in [0.29, 0.717) is 24.2 Å². The molecule has 0 bridgehead atoms. The van der Waals surface area contributed by atoms with E-state index in [1.54, 1.807) is 36.2 Å². The van der Waals surface area contributed by atoms with Crippen LogP contribution in [0.4, 0.5) is 0 Å². The molecule has 7 nitrogen and oxygen atoms in total. The summed E-state index contributed by atoms with van der Waals surface area (Å²) in [6.07, 6.45) is 0. The van der Waals surface area contributed by atoms with Gasteiger partial charge in [0, 0.05) is 31.3 Å². The van der Waals surface area contributed by atoms with Crippen LogP contribution in [-0.2, 0) is 4.79 Å². The van der Waals surface area contributed by atoms with Gasteiger partial charge >= 0.3 is 0 Å². The zero-order chi connectivity index (χ0) is 14.7. The number of amides is 2. The monoisotopic (exact) mass is 276 g/mol. The molecule has 7 heteroatoms. The van der Waals surface area contributed by atoms with Crippen LogP contribution in [0.3, 0.4) is 0 Å². The Kier molecular flexibility index (Phi) is 3.88. The van der Waals surface area contributed by atoms with Gasteiger partial charge in [-0.05, 0) is 12.1 Å². The van der Waals surface area contributed by atoms with Crippen molar-refractivity contribution in [1.82, 2.24) is 9.80 Å². The first-order chi connectivity index (χ1) is 9.52. The first kappa shape index (κ1) is 13.9. The van der Waals surface area contributed by atoms with Crippen molar-refractivity contribution in [2.45, 2.75) is 0 Å². The number of piperazine rings is 1. The molecule has 2 amide bonds. The smallest absolute Gasteiger partial charge is 0.254 e. The molecule has 1 saturated heterocycles. The third kappa shape index (κ3) is 2.71. The van der Waals surface area contributed by atoms with E-state index in [-0.39, 0.29) is 24.2 Å². The predicted octanol–water partition coefficient (Wildman–Crippen LogP) is -0.305. The summed E-state index contributed by atoms with van der Waals surface area (Å²) in [6.45, 7) is 1.15. The number of rotatable bonds is 2. The Morgan fingerprint density at radius 1 is 1.25 bits per heavy atom. The molecule has 0 radical (unpaired) electrons. The van der Waals surface area contributed by atoms with E-state index < -0.39 is 0 Å². The van der Waals surface area contributed by atoms with Crippen LogP contribution in [0.15, 0.2) is 29.4 Å². The van der Waals surface area contributed by atoms with Gasteiger partial charge in [0.05, 0.1) is 0 Å². The Labute approximate surface area is 116 Å². The van der Waals surface area contributed by atoms with E-state index in [4.69, 9.17) is 10.9 Å². The number of hydrogen-bond donors (Lipinski definition) is 2. The highest BCUT2D eigenvalue weighted by molar-refractivity contribution is 6.00. The average molecular weight is 276 g/mol. The predicted molar refractivity (Wildman–Crippen MR) is 72.5 cm³/mol. The van der Waals surface area contributed by atoms with E-state index in [2.05, 4.69) is 5.16 Å². The average Bonchev–Trinajstić information content (AvgIpc) is 2.48. The summed E-state index contributed by atoms with van der Waals surface area (Å²) in [5, 5.41) is 11.5. The lowest BCUT2D eigenvalue weighted by Gasteiger charge is -2.32. The molecule has 3 N–H and O–H groups in total. The van der Waals surface area contributed by atoms with Gasteiger partial charge in [-0.2, -0.15) is 0 Å². The second kappa shape index (κ2) is 5.60. The number of oxime groups is 1. The lowest BCUT2D eigenvalue weighted by Crippen LogP contribution is -2.50. The molecule has 1 aliphatic heterocycles. The number of nitrogens with two attached hydrogens (primary N) is 1. The second-order valence-electron chi connectivity index (χ2n) is 4.60. The van der Waals surface area contributed by atoms with Gasteiger partial charge in [0.15, 0.2) is 5.84 Å². The number of carbonyl (C=O) groups excluding carboxylic acids is 2. The van der Waals surface area contributed by atoms with Gasteiger partial charge in [-0.3, -0.25) is 9.59 Å². The van der Waals surface area contributed by atoms with E-state index in [9.17, 15) is 9.59 Å². The molecule has 2 rings (SSSR count). The Balaban J connectivity index is 2.12. The summed E-state index contributed by atoms with van der Waals surface area (Å²) in [4.78, 5) is 27.0. The van der Waals surface area contributed by atoms with Crippen LogP contribution >= 0.6 is 0 Å². The molecule has 106 valence electrons. The molecule has 0 saturated carbocycles. The van der Waals surface area contributed by atoms with Crippen LogP contribution in [0.5, 0.6) is 0 Å². The molecule has 0 unspecified atom stereocenters. The van der Waals surface area contributed by atoms with Gasteiger partial charge < -0.3 is 20.7 Å². The highest BCUT2D eigenvalue weighted by Crippen LogP contribution is 2.10. The largest absolute Gasteiger partial charge is 0.409 e. The fourth-order valence-electron chi connectivity index (χ4n) is 1.96. The third-order valence-electron chi connectivity index (χ3n) is 3.28. The summed E-state index contributed by atoms with van der Waals surface area (Å²) in [5.74, 6) is -0.283. The minimum atomic E-state index is -0.197. The maximum atomic E-state index is 12.2. The maximum absolute atomic E-state index is 12.2. The number of benzene rings is 1. The summed E-state index contributed by atoms with van der Waals surface area (Å²) >= 11 is 0. The molecule has 20 heavy (non-hydrogen) atoms. The summed E-state index contributed by atoms with van der Waals surface area (Å²) in [5.41, 5.74) is 6.45. The van der Waals surface area contributed by atoms with Crippen LogP contribution in [0.2, 0.25) is 0 Å². The fraction of sp³-hybridized carbons (Fsp3) is 0.308. The molecule has 1 aliphatic rings. The third-order valence-corrected chi connectivity index (χ3v) is 3.28. The van der Waals surface area contributed by atoms with Gasteiger partial charge in [-0.25, -0.2) is 0 Å². The molecule has 0 aromatic heterocycles. The molecule has 0 atom stereocenters. The Bertz CT molecular complexity index is 553. The highest BCUT2D eigenvalue weighted by atomic mass is 16.4. The van der Waals surface area contributed by atoms with Crippen molar-refractivity contribution in [3.8, 4) is 0 Å². The maximum Gasteiger partial charge on any atom is 0.254 e. The number of carbonyl (C=O) groups is 2. The molecule has 1 aromatic carbocycles. The van der Waals surface area contributed by atoms with E-state index >= 15 is 0 Å². The quantitative estimate of drug-likeness (QED) is 0.335. The number of likely N-dealkylation sites (N-methyl/N-ethyl adjacent to an activating group) is 1. The molecular weight excluding hydrogens is 260 g/mol. The number of amidine groups is 1. The van der Waals surface area contributed by atoms with E-state index in [1.165, 1.54) is 4.90 Å². The summed E-state index contributed by atoms with van der Waals surface area (Å²) in [6, 6.07) is 6.39. The van der Waals surface area contributed by atoms with Gasteiger partial charge in [-0.15, -0.1) is 0 Å².